The Morgan fingerprint density at radius 3 is 2.86 bits per heavy atom. The predicted molar refractivity (Wildman–Crippen MR) is 83.7 cm³/mol. The molecule has 8 heteroatoms. The van der Waals surface area contributed by atoms with Crippen molar-refractivity contribution < 1.29 is 9.90 Å². The zero-order valence-electron chi connectivity index (χ0n) is 11.1. The summed E-state index contributed by atoms with van der Waals surface area (Å²) in [5.41, 5.74) is 6.65. The van der Waals surface area contributed by atoms with E-state index < -0.39 is 0 Å². The molecule has 4 N–H and O–H groups in total. The number of aromatic nitrogens is 2. The van der Waals surface area contributed by atoms with Crippen molar-refractivity contribution in [2.75, 3.05) is 16.8 Å². The van der Waals surface area contributed by atoms with E-state index in [2.05, 4.69) is 15.3 Å². The number of halogens is 1. The van der Waals surface area contributed by atoms with Crippen LogP contribution in [0.5, 0.6) is 5.75 Å². The number of amides is 1. The average Bonchev–Trinajstić information content (AvgIpc) is 2.39. The maximum absolute atomic E-state index is 11.8. The van der Waals surface area contributed by atoms with E-state index in [-0.39, 0.29) is 17.4 Å². The van der Waals surface area contributed by atoms with Crippen LogP contribution < -0.4 is 11.1 Å². The van der Waals surface area contributed by atoms with Gasteiger partial charge in [0, 0.05) is 22.8 Å². The van der Waals surface area contributed by atoms with Crippen LogP contribution in [-0.2, 0) is 4.79 Å². The van der Waals surface area contributed by atoms with Gasteiger partial charge in [-0.3, -0.25) is 4.79 Å². The summed E-state index contributed by atoms with van der Waals surface area (Å²) in [5.74, 6) is 0.0873. The van der Waals surface area contributed by atoms with E-state index in [1.807, 2.05) is 0 Å². The Labute approximate surface area is 130 Å². The lowest BCUT2D eigenvalue weighted by Crippen LogP contribution is -2.14. The van der Waals surface area contributed by atoms with Crippen molar-refractivity contribution in [3.8, 4) is 5.75 Å². The molecule has 0 saturated carbocycles. The number of carbonyl (C=O) groups excluding carboxylic acids is 1. The third-order valence-electron chi connectivity index (χ3n) is 2.42. The Morgan fingerprint density at radius 2 is 2.19 bits per heavy atom. The summed E-state index contributed by atoms with van der Waals surface area (Å²) in [7, 11) is 0. The SMILES string of the molecule is Cc1cc(N)nc(SCC(=O)Nc2ccc(Cl)cc2O)n1. The first kappa shape index (κ1) is 15.4. The lowest BCUT2D eigenvalue weighted by atomic mass is 10.3. The second-order valence-electron chi connectivity index (χ2n) is 4.22. The zero-order chi connectivity index (χ0) is 15.4. The molecular formula is C13H13ClN4O2S. The molecule has 0 aliphatic heterocycles. The van der Waals surface area contributed by atoms with E-state index in [1.54, 1.807) is 19.1 Å². The normalized spacial score (nSPS) is 10.4. The molecule has 6 nitrogen and oxygen atoms in total. The molecule has 0 aliphatic rings. The van der Waals surface area contributed by atoms with Gasteiger partial charge in [-0.25, -0.2) is 9.97 Å². The Hall–Kier alpha value is -1.99. The molecule has 21 heavy (non-hydrogen) atoms. The number of nitrogens with one attached hydrogen (secondary N) is 1. The molecule has 0 bridgehead atoms. The fourth-order valence-electron chi connectivity index (χ4n) is 1.56. The second kappa shape index (κ2) is 6.64. The number of thioether (sulfide) groups is 1. The summed E-state index contributed by atoms with van der Waals surface area (Å²) in [6.45, 7) is 1.80. The molecule has 0 radical (unpaired) electrons. The molecule has 0 fully saturated rings. The molecule has 110 valence electrons. The van der Waals surface area contributed by atoms with Gasteiger partial charge in [-0.1, -0.05) is 23.4 Å². The number of aryl methyl sites for hydroxylation is 1. The molecule has 0 atom stereocenters. The van der Waals surface area contributed by atoms with Crippen molar-refractivity contribution in [2.24, 2.45) is 0 Å². The van der Waals surface area contributed by atoms with E-state index in [0.717, 1.165) is 17.5 Å². The number of benzene rings is 1. The van der Waals surface area contributed by atoms with Crippen LogP contribution in [0.1, 0.15) is 5.69 Å². The van der Waals surface area contributed by atoms with Crippen LogP contribution in [0.3, 0.4) is 0 Å². The van der Waals surface area contributed by atoms with Crippen LogP contribution in [0, 0.1) is 6.92 Å². The van der Waals surface area contributed by atoms with Crippen molar-refractivity contribution in [2.45, 2.75) is 12.1 Å². The average molecular weight is 325 g/mol. The zero-order valence-corrected chi connectivity index (χ0v) is 12.7. The van der Waals surface area contributed by atoms with Crippen molar-refractivity contribution >= 4 is 40.8 Å². The van der Waals surface area contributed by atoms with E-state index in [4.69, 9.17) is 17.3 Å². The largest absolute Gasteiger partial charge is 0.506 e. The maximum atomic E-state index is 11.8. The van der Waals surface area contributed by atoms with Gasteiger partial charge in [0.25, 0.3) is 0 Å². The van der Waals surface area contributed by atoms with E-state index >= 15 is 0 Å². The number of nitrogens with zero attached hydrogens (tertiary/aromatic N) is 2. The molecule has 0 aliphatic carbocycles. The third kappa shape index (κ3) is 4.51. The highest BCUT2D eigenvalue weighted by Crippen LogP contribution is 2.26. The molecule has 2 aromatic rings. The predicted octanol–water partition coefficient (Wildman–Crippen LogP) is 2.46. The van der Waals surface area contributed by atoms with Crippen LogP contribution in [0.25, 0.3) is 0 Å². The van der Waals surface area contributed by atoms with E-state index in [1.165, 1.54) is 12.1 Å². The quantitative estimate of drug-likeness (QED) is 0.453. The fraction of sp³-hybridized carbons (Fsp3) is 0.154. The summed E-state index contributed by atoms with van der Waals surface area (Å²) < 4.78 is 0. The van der Waals surface area contributed by atoms with Gasteiger partial charge < -0.3 is 16.2 Å². The van der Waals surface area contributed by atoms with Crippen molar-refractivity contribution in [3.05, 3.63) is 35.0 Å². The first-order valence-corrected chi connectivity index (χ1v) is 7.33. The molecule has 1 aromatic carbocycles. The van der Waals surface area contributed by atoms with Gasteiger partial charge in [0.2, 0.25) is 5.91 Å². The van der Waals surface area contributed by atoms with Gasteiger partial charge in [0.05, 0.1) is 11.4 Å². The molecule has 1 heterocycles. The molecule has 1 aromatic heterocycles. The van der Waals surface area contributed by atoms with Crippen molar-refractivity contribution in [1.29, 1.82) is 0 Å². The summed E-state index contributed by atoms with van der Waals surface area (Å²) >= 11 is 6.88. The Kier molecular flexibility index (Phi) is 4.87. The van der Waals surface area contributed by atoms with Crippen LogP contribution in [0.15, 0.2) is 29.4 Å². The van der Waals surface area contributed by atoms with Crippen LogP contribution in [0.4, 0.5) is 11.5 Å². The van der Waals surface area contributed by atoms with Crippen LogP contribution in [0.2, 0.25) is 5.02 Å². The summed E-state index contributed by atoms with van der Waals surface area (Å²) in [4.78, 5) is 20.0. The van der Waals surface area contributed by atoms with Crippen molar-refractivity contribution in [3.63, 3.8) is 0 Å². The Balaban J connectivity index is 1.95. The van der Waals surface area contributed by atoms with E-state index in [9.17, 15) is 9.90 Å². The molecule has 2 rings (SSSR count). The number of anilines is 2. The fourth-order valence-corrected chi connectivity index (χ4v) is 2.43. The summed E-state index contributed by atoms with van der Waals surface area (Å²) in [6, 6.07) is 6.11. The van der Waals surface area contributed by atoms with Gasteiger partial charge in [-0.2, -0.15) is 0 Å². The lowest BCUT2D eigenvalue weighted by Gasteiger charge is -2.07. The standard InChI is InChI=1S/C13H13ClN4O2S/c1-7-4-11(15)18-13(16-7)21-6-12(20)17-9-3-2-8(14)5-10(9)19/h2-5,19H,6H2,1H3,(H,17,20)(H2,15,16,18). The second-order valence-corrected chi connectivity index (χ2v) is 5.59. The highest BCUT2D eigenvalue weighted by molar-refractivity contribution is 7.99. The van der Waals surface area contributed by atoms with Crippen LogP contribution in [-0.4, -0.2) is 26.7 Å². The smallest absolute Gasteiger partial charge is 0.234 e. The minimum atomic E-state index is -0.290. The molecule has 0 saturated heterocycles. The number of nitrogen functional groups attached to an aromatic ring is 1. The minimum Gasteiger partial charge on any atom is -0.506 e. The topological polar surface area (TPSA) is 101 Å². The number of phenols is 1. The molecule has 0 spiro atoms. The van der Waals surface area contributed by atoms with Gasteiger partial charge in [-0.05, 0) is 19.1 Å². The number of carbonyl (C=O) groups is 1. The highest BCUT2D eigenvalue weighted by Gasteiger charge is 2.09. The van der Waals surface area contributed by atoms with Crippen molar-refractivity contribution in [1.82, 2.24) is 9.97 Å². The summed E-state index contributed by atoms with van der Waals surface area (Å²) in [5, 5.41) is 13.1. The third-order valence-corrected chi connectivity index (χ3v) is 3.50. The highest BCUT2D eigenvalue weighted by atomic mass is 35.5. The number of hydrogen-bond donors (Lipinski definition) is 3. The first-order chi connectivity index (χ1) is 9.94. The number of nitrogens with two attached hydrogens (primary N) is 1. The van der Waals surface area contributed by atoms with E-state index in [0.29, 0.717) is 21.7 Å². The van der Waals surface area contributed by atoms with Crippen LogP contribution >= 0.6 is 23.4 Å². The minimum absolute atomic E-state index is 0.0862. The lowest BCUT2D eigenvalue weighted by molar-refractivity contribution is -0.113. The summed E-state index contributed by atoms with van der Waals surface area (Å²) in [6.07, 6.45) is 0. The van der Waals surface area contributed by atoms with Gasteiger partial charge >= 0.3 is 0 Å². The van der Waals surface area contributed by atoms with Gasteiger partial charge in [-0.15, -0.1) is 0 Å². The molecule has 1 amide bonds. The first-order valence-electron chi connectivity index (χ1n) is 5.96. The Morgan fingerprint density at radius 1 is 1.43 bits per heavy atom. The molecule has 0 unspecified atom stereocenters. The number of hydrogen-bond acceptors (Lipinski definition) is 6. The van der Waals surface area contributed by atoms with Gasteiger partial charge in [0.1, 0.15) is 11.6 Å². The monoisotopic (exact) mass is 324 g/mol. The number of phenolic OH excluding ortho intramolecular Hbond substituents is 1. The Bertz CT molecular complexity index is 661. The van der Waals surface area contributed by atoms with Gasteiger partial charge in [0.15, 0.2) is 5.16 Å². The maximum Gasteiger partial charge on any atom is 0.234 e. The number of aromatic hydroxyl groups is 1. The number of rotatable bonds is 4. The molecular weight excluding hydrogens is 312 g/mol.